The van der Waals surface area contributed by atoms with Crippen molar-refractivity contribution in [1.82, 2.24) is 0 Å². The third kappa shape index (κ3) is 2.23. The summed E-state index contributed by atoms with van der Waals surface area (Å²) in [6.45, 7) is 9.90. The maximum Gasteiger partial charge on any atom is 0.201 e. The van der Waals surface area contributed by atoms with Gasteiger partial charge < -0.3 is 0 Å². The van der Waals surface area contributed by atoms with Crippen molar-refractivity contribution in [3.8, 4) is 0 Å². The Hall–Kier alpha value is -1.96. The molecule has 1 atom stereocenters. The number of Topliss-reactive ketones (excluding diaryl/α,β-unsaturated/α-hetero) is 1. The highest BCUT2D eigenvalue weighted by Gasteiger charge is 2.55. The molecule has 1 aliphatic rings. The van der Waals surface area contributed by atoms with E-state index in [9.17, 15) is 4.79 Å². The molecule has 2 heteroatoms. The molecule has 24 heavy (non-hydrogen) atoms. The molecule has 0 amide bonds. The second-order valence-corrected chi connectivity index (χ2v) is 7.59. The van der Waals surface area contributed by atoms with Crippen molar-refractivity contribution in [2.24, 2.45) is 0 Å². The first kappa shape index (κ1) is 16.9. The number of hydrogen-bond donors (Lipinski definition) is 0. The van der Waals surface area contributed by atoms with Crippen LogP contribution in [0.3, 0.4) is 0 Å². The van der Waals surface area contributed by atoms with Gasteiger partial charge in [0.05, 0.1) is 0 Å². The number of carbonyl (C=O) groups excluding carboxylic acids is 1. The number of carbonyl (C=O) groups is 1. The predicted octanol–water partition coefficient (Wildman–Crippen LogP) is 5.43. The Morgan fingerprint density at radius 3 is 2.38 bits per heavy atom. The van der Waals surface area contributed by atoms with Crippen molar-refractivity contribution >= 4 is 5.78 Å². The molecule has 0 unspecified atom stereocenters. The number of alkyl halides is 1. The number of fused-ring (bicyclic) bond motifs is 1. The zero-order valence-corrected chi connectivity index (χ0v) is 15.2. The Kier molecular flexibility index (Phi) is 3.90. The normalized spacial score (nSPS) is 20.8. The Morgan fingerprint density at radius 2 is 1.67 bits per heavy atom. The Morgan fingerprint density at radius 1 is 1.00 bits per heavy atom. The number of hydrogen-bond acceptors (Lipinski definition) is 1. The largest absolute Gasteiger partial charge is 0.290 e. The third-order valence-corrected chi connectivity index (χ3v) is 6.08. The lowest BCUT2D eigenvalue weighted by molar-refractivity contribution is 0.0381. The minimum atomic E-state index is -1.88. The fourth-order valence-electron chi connectivity index (χ4n) is 4.04. The number of aryl methyl sites for hydroxylation is 2. The van der Waals surface area contributed by atoms with E-state index in [4.69, 9.17) is 0 Å². The van der Waals surface area contributed by atoms with Crippen LogP contribution >= 0.6 is 0 Å². The van der Waals surface area contributed by atoms with Crippen LogP contribution in [0, 0.1) is 20.8 Å². The molecular weight excluding hydrogens is 299 g/mol. The quantitative estimate of drug-likeness (QED) is 0.720. The van der Waals surface area contributed by atoms with Gasteiger partial charge in [-0.15, -0.1) is 0 Å². The van der Waals surface area contributed by atoms with E-state index < -0.39 is 11.1 Å². The van der Waals surface area contributed by atoms with Gasteiger partial charge in [-0.25, -0.2) is 4.39 Å². The van der Waals surface area contributed by atoms with E-state index in [0.29, 0.717) is 12.0 Å². The molecule has 0 fully saturated rings. The molecule has 126 valence electrons. The first-order valence-corrected chi connectivity index (χ1v) is 8.59. The molecule has 2 aromatic carbocycles. The zero-order chi connectivity index (χ0) is 17.7. The van der Waals surface area contributed by atoms with E-state index in [1.54, 1.807) is 6.07 Å². The Bertz CT molecular complexity index is 819. The lowest BCUT2D eigenvalue weighted by Crippen LogP contribution is -2.53. The Balaban J connectivity index is 2.13. The van der Waals surface area contributed by atoms with Crippen LogP contribution in [0.15, 0.2) is 36.4 Å². The van der Waals surface area contributed by atoms with Gasteiger partial charge in [-0.3, -0.25) is 4.79 Å². The van der Waals surface area contributed by atoms with Crippen LogP contribution in [-0.2, 0) is 11.8 Å². The summed E-state index contributed by atoms with van der Waals surface area (Å²) in [5.74, 6) is -0.369. The number of benzene rings is 2. The maximum atomic E-state index is 16.2. The molecule has 0 aliphatic heterocycles. The lowest BCUT2D eigenvalue weighted by Gasteiger charge is -2.43. The molecule has 0 bridgehead atoms. The van der Waals surface area contributed by atoms with E-state index in [-0.39, 0.29) is 12.2 Å². The summed E-state index contributed by atoms with van der Waals surface area (Å²) in [4.78, 5) is 13.0. The van der Waals surface area contributed by atoms with Gasteiger partial charge in [0.1, 0.15) is 0 Å². The number of ketones is 1. The van der Waals surface area contributed by atoms with Crippen molar-refractivity contribution < 1.29 is 9.18 Å². The number of halogens is 1. The Labute approximate surface area is 143 Å². The average molecular weight is 324 g/mol. The van der Waals surface area contributed by atoms with Crippen molar-refractivity contribution in [2.45, 2.75) is 58.5 Å². The molecule has 2 aromatic rings. The van der Waals surface area contributed by atoms with E-state index >= 15 is 4.39 Å². The fraction of sp³-hybridized carbons (Fsp3) is 0.409. The van der Waals surface area contributed by atoms with Gasteiger partial charge >= 0.3 is 0 Å². The van der Waals surface area contributed by atoms with Crippen LogP contribution in [0.1, 0.15) is 58.4 Å². The summed E-state index contributed by atoms with van der Waals surface area (Å²) in [6.07, 6.45) is 0.841. The first-order chi connectivity index (χ1) is 11.2. The monoisotopic (exact) mass is 324 g/mol. The standard InChI is InChI=1S/C22H25FO/c1-14-10-11-19(16(3)15(14)2)21(4,5)22(23)13-12-17-8-6-7-9-18(17)20(22)24/h6-11H,12-13H2,1-5H3/t22-/m1/s1. The highest BCUT2D eigenvalue weighted by molar-refractivity contribution is 6.05. The molecule has 3 rings (SSSR count). The van der Waals surface area contributed by atoms with E-state index in [0.717, 1.165) is 16.7 Å². The second-order valence-electron chi connectivity index (χ2n) is 7.59. The smallest absolute Gasteiger partial charge is 0.201 e. The molecule has 0 saturated carbocycles. The average Bonchev–Trinajstić information content (AvgIpc) is 2.56. The van der Waals surface area contributed by atoms with Gasteiger partial charge in [-0.2, -0.15) is 0 Å². The van der Waals surface area contributed by atoms with Gasteiger partial charge in [0.25, 0.3) is 0 Å². The molecular formula is C22H25FO. The van der Waals surface area contributed by atoms with Crippen LogP contribution in [0.4, 0.5) is 4.39 Å². The molecule has 0 heterocycles. The van der Waals surface area contributed by atoms with Gasteiger partial charge in [0.15, 0.2) is 5.67 Å². The van der Waals surface area contributed by atoms with E-state index in [1.807, 2.05) is 51.1 Å². The van der Waals surface area contributed by atoms with Crippen LogP contribution in [-0.4, -0.2) is 11.5 Å². The van der Waals surface area contributed by atoms with E-state index in [2.05, 4.69) is 13.8 Å². The van der Waals surface area contributed by atoms with Crippen molar-refractivity contribution in [3.05, 3.63) is 69.8 Å². The van der Waals surface area contributed by atoms with Gasteiger partial charge in [0, 0.05) is 11.0 Å². The molecule has 1 aliphatic carbocycles. The first-order valence-electron chi connectivity index (χ1n) is 8.59. The van der Waals surface area contributed by atoms with E-state index in [1.165, 1.54) is 11.1 Å². The minimum Gasteiger partial charge on any atom is -0.290 e. The predicted molar refractivity (Wildman–Crippen MR) is 96.6 cm³/mol. The summed E-state index contributed by atoms with van der Waals surface area (Å²) >= 11 is 0. The highest BCUT2D eigenvalue weighted by atomic mass is 19.1. The van der Waals surface area contributed by atoms with Crippen LogP contribution in [0.2, 0.25) is 0 Å². The summed E-state index contributed by atoms with van der Waals surface area (Å²) in [5, 5.41) is 0. The molecule has 0 radical (unpaired) electrons. The fourth-order valence-corrected chi connectivity index (χ4v) is 4.04. The summed E-state index contributed by atoms with van der Waals surface area (Å²) < 4.78 is 16.2. The van der Waals surface area contributed by atoms with Crippen LogP contribution < -0.4 is 0 Å². The van der Waals surface area contributed by atoms with Crippen molar-refractivity contribution in [3.63, 3.8) is 0 Å². The zero-order valence-electron chi connectivity index (χ0n) is 15.2. The molecule has 0 spiro atoms. The molecule has 0 N–H and O–H groups in total. The van der Waals surface area contributed by atoms with Gasteiger partial charge in [0.2, 0.25) is 5.78 Å². The molecule has 0 saturated heterocycles. The lowest BCUT2D eigenvalue weighted by atomic mass is 9.62. The minimum absolute atomic E-state index is 0.238. The van der Waals surface area contributed by atoms with Crippen LogP contribution in [0.5, 0.6) is 0 Å². The summed E-state index contributed by atoms with van der Waals surface area (Å²) in [7, 11) is 0. The van der Waals surface area contributed by atoms with Gasteiger partial charge in [-0.1, -0.05) is 50.2 Å². The topological polar surface area (TPSA) is 17.1 Å². The van der Waals surface area contributed by atoms with Crippen LogP contribution in [0.25, 0.3) is 0 Å². The maximum absolute atomic E-state index is 16.2. The second kappa shape index (κ2) is 5.54. The molecule has 0 aromatic heterocycles. The molecule has 1 nitrogen and oxygen atoms in total. The summed E-state index contributed by atoms with van der Waals surface area (Å²) in [5.41, 5.74) is 3.13. The van der Waals surface area contributed by atoms with Crippen molar-refractivity contribution in [1.29, 1.82) is 0 Å². The van der Waals surface area contributed by atoms with Crippen molar-refractivity contribution in [2.75, 3.05) is 0 Å². The van der Waals surface area contributed by atoms with Gasteiger partial charge in [-0.05, 0) is 61.4 Å². The highest BCUT2D eigenvalue weighted by Crippen LogP contribution is 2.47. The summed E-state index contributed by atoms with van der Waals surface area (Å²) in [6, 6.07) is 11.4. The SMILES string of the molecule is Cc1ccc(C(C)(C)[C@@]2(F)CCc3ccccc3C2=O)c(C)c1C. The third-order valence-electron chi connectivity index (χ3n) is 6.08. The number of rotatable bonds is 2.